The zero-order chi connectivity index (χ0) is 11.4. The van der Waals surface area contributed by atoms with E-state index in [1.165, 1.54) is 19.3 Å². The Hall–Kier alpha value is 0. The maximum atomic E-state index is 2.54. The quantitative estimate of drug-likeness (QED) is 0.626. The van der Waals surface area contributed by atoms with Gasteiger partial charge in [-0.25, -0.2) is 0 Å². The van der Waals surface area contributed by atoms with Crippen LogP contribution in [-0.4, -0.2) is 0 Å². The van der Waals surface area contributed by atoms with Gasteiger partial charge in [0.15, 0.2) is 0 Å². The van der Waals surface area contributed by atoms with Crippen molar-refractivity contribution in [1.82, 2.24) is 0 Å². The van der Waals surface area contributed by atoms with E-state index in [2.05, 4.69) is 41.5 Å². The molecule has 0 amide bonds. The summed E-state index contributed by atoms with van der Waals surface area (Å²) < 4.78 is 0. The van der Waals surface area contributed by atoms with E-state index in [1.54, 1.807) is 0 Å². The van der Waals surface area contributed by atoms with Crippen molar-refractivity contribution in [2.24, 2.45) is 34.5 Å². The van der Waals surface area contributed by atoms with Gasteiger partial charge in [0.1, 0.15) is 0 Å². The van der Waals surface area contributed by atoms with Gasteiger partial charge >= 0.3 is 0 Å². The first-order valence-electron chi connectivity index (χ1n) is 6.89. The lowest BCUT2D eigenvalue weighted by Gasteiger charge is -2.27. The summed E-state index contributed by atoms with van der Waals surface area (Å²) in [6.45, 7) is 14.7. The van der Waals surface area contributed by atoms with Gasteiger partial charge in [0.2, 0.25) is 0 Å². The van der Waals surface area contributed by atoms with Crippen LogP contribution in [0.25, 0.3) is 0 Å². The second kappa shape index (κ2) is 3.25. The summed E-state index contributed by atoms with van der Waals surface area (Å²) in [6.07, 6.45) is 4.25. The van der Waals surface area contributed by atoms with E-state index in [0.29, 0.717) is 10.8 Å². The molecule has 0 aliphatic heterocycles. The standard InChI is InChI=1S/C15H28/c1-7-11-10(3)13(11)12(8-2)15(6)9-14(15,4)5/h10-13H,7-9H2,1-6H3. The van der Waals surface area contributed by atoms with Crippen LogP contribution in [0.4, 0.5) is 0 Å². The van der Waals surface area contributed by atoms with E-state index in [4.69, 9.17) is 0 Å². The summed E-state index contributed by atoms with van der Waals surface area (Å²) in [7, 11) is 0. The molecule has 0 heterocycles. The lowest BCUT2D eigenvalue weighted by atomic mass is 9.78. The highest BCUT2D eigenvalue weighted by atomic mass is 14.7. The minimum atomic E-state index is 0.619. The largest absolute Gasteiger partial charge is 0.0651 e. The molecular formula is C15H28. The van der Waals surface area contributed by atoms with Crippen LogP contribution >= 0.6 is 0 Å². The van der Waals surface area contributed by atoms with Crippen molar-refractivity contribution in [3.8, 4) is 0 Å². The molecule has 5 atom stereocenters. The number of hydrogen-bond acceptors (Lipinski definition) is 0. The monoisotopic (exact) mass is 208 g/mol. The lowest BCUT2D eigenvalue weighted by Crippen LogP contribution is -2.20. The predicted molar refractivity (Wildman–Crippen MR) is 66.7 cm³/mol. The molecule has 0 aromatic carbocycles. The second-order valence-electron chi connectivity index (χ2n) is 7.00. The van der Waals surface area contributed by atoms with Gasteiger partial charge in [-0.05, 0) is 40.9 Å². The fraction of sp³-hybridized carbons (Fsp3) is 1.00. The Morgan fingerprint density at radius 2 is 1.73 bits per heavy atom. The van der Waals surface area contributed by atoms with Crippen molar-refractivity contribution in [2.75, 3.05) is 0 Å². The second-order valence-corrected chi connectivity index (χ2v) is 7.00. The Balaban J connectivity index is 2.08. The van der Waals surface area contributed by atoms with Gasteiger partial charge < -0.3 is 0 Å². The van der Waals surface area contributed by atoms with Crippen LogP contribution in [0.1, 0.15) is 60.8 Å². The van der Waals surface area contributed by atoms with E-state index in [0.717, 1.165) is 23.7 Å². The summed E-state index contributed by atoms with van der Waals surface area (Å²) in [5.41, 5.74) is 1.28. The molecule has 0 N–H and O–H groups in total. The van der Waals surface area contributed by atoms with Crippen LogP contribution in [0.3, 0.4) is 0 Å². The molecular weight excluding hydrogens is 180 g/mol. The Kier molecular flexibility index (Phi) is 2.48. The average Bonchev–Trinajstić information content (AvgIpc) is 2.91. The first-order chi connectivity index (χ1) is 6.89. The molecule has 2 fully saturated rings. The minimum absolute atomic E-state index is 0.619. The van der Waals surface area contributed by atoms with Crippen LogP contribution in [0.5, 0.6) is 0 Å². The third-order valence-electron chi connectivity index (χ3n) is 6.06. The Morgan fingerprint density at radius 3 is 2.00 bits per heavy atom. The lowest BCUT2D eigenvalue weighted by molar-refractivity contribution is 0.216. The van der Waals surface area contributed by atoms with Crippen molar-refractivity contribution in [3.05, 3.63) is 0 Å². The molecule has 0 nitrogen and oxygen atoms in total. The normalized spacial score (nSPS) is 48.8. The molecule has 0 saturated heterocycles. The van der Waals surface area contributed by atoms with Crippen LogP contribution in [0, 0.1) is 34.5 Å². The molecule has 2 rings (SSSR count). The third kappa shape index (κ3) is 1.47. The molecule has 0 aromatic rings. The Bertz CT molecular complexity index is 253. The van der Waals surface area contributed by atoms with Gasteiger partial charge in [-0.15, -0.1) is 0 Å². The SMILES string of the molecule is CCC1C(C)C1C(CC)C1(C)CC1(C)C. The summed E-state index contributed by atoms with van der Waals surface area (Å²) in [4.78, 5) is 0. The number of hydrogen-bond donors (Lipinski definition) is 0. The third-order valence-corrected chi connectivity index (χ3v) is 6.06. The molecule has 0 heteroatoms. The van der Waals surface area contributed by atoms with Crippen molar-refractivity contribution < 1.29 is 0 Å². The van der Waals surface area contributed by atoms with E-state index >= 15 is 0 Å². The summed E-state index contributed by atoms with van der Waals surface area (Å²) in [5.74, 6) is 4.09. The fourth-order valence-corrected chi connectivity index (χ4v) is 4.54. The Morgan fingerprint density at radius 1 is 1.20 bits per heavy atom. The zero-order valence-electron chi connectivity index (χ0n) is 11.4. The molecule has 5 unspecified atom stereocenters. The highest BCUT2D eigenvalue weighted by molar-refractivity contribution is 5.14. The number of rotatable bonds is 4. The van der Waals surface area contributed by atoms with Gasteiger partial charge in [-0.1, -0.05) is 54.4 Å². The topological polar surface area (TPSA) is 0 Å². The van der Waals surface area contributed by atoms with Crippen molar-refractivity contribution in [1.29, 1.82) is 0 Å². The average molecular weight is 208 g/mol. The first kappa shape index (κ1) is 11.5. The Labute approximate surface area is 95.8 Å². The van der Waals surface area contributed by atoms with Crippen LogP contribution < -0.4 is 0 Å². The van der Waals surface area contributed by atoms with E-state index < -0.39 is 0 Å². The summed E-state index contributed by atoms with van der Waals surface area (Å²) >= 11 is 0. The molecule has 0 aromatic heterocycles. The molecule has 0 spiro atoms. The van der Waals surface area contributed by atoms with Crippen LogP contribution in [0.15, 0.2) is 0 Å². The summed E-state index contributed by atoms with van der Waals surface area (Å²) in [5, 5.41) is 0. The molecule has 2 saturated carbocycles. The van der Waals surface area contributed by atoms with Crippen molar-refractivity contribution in [2.45, 2.75) is 60.8 Å². The summed E-state index contributed by atoms with van der Waals surface area (Å²) in [6, 6.07) is 0. The first-order valence-corrected chi connectivity index (χ1v) is 6.89. The van der Waals surface area contributed by atoms with Crippen LogP contribution in [0.2, 0.25) is 0 Å². The van der Waals surface area contributed by atoms with Gasteiger partial charge in [-0.3, -0.25) is 0 Å². The van der Waals surface area contributed by atoms with Crippen molar-refractivity contribution >= 4 is 0 Å². The molecule has 2 aliphatic carbocycles. The fourth-order valence-electron chi connectivity index (χ4n) is 4.54. The molecule has 0 bridgehead atoms. The molecule has 88 valence electrons. The zero-order valence-corrected chi connectivity index (χ0v) is 11.4. The van der Waals surface area contributed by atoms with Gasteiger partial charge in [0.25, 0.3) is 0 Å². The van der Waals surface area contributed by atoms with E-state index in [9.17, 15) is 0 Å². The maximum Gasteiger partial charge on any atom is -0.0238 e. The smallest absolute Gasteiger partial charge is 0.0238 e. The molecule has 15 heavy (non-hydrogen) atoms. The highest BCUT2D eigenvalue weighted by Gasteiger charge is 2.66. The molecule has 0 radical (unpaired) electrons. The minimum Gasteiger partial charge on any atom is -0.0651 e. The van der Waals surface area contributed by atoms with Gasteiger partial charge in [-0.2, -0.15) is 0 Å². The predicted octanol–water partition coefficient (Wildman–Crippen LogP) is 4.74. The maximum absolute atomic E-state index is 2.54. The van der Waals surface area contributed by atoms with E-state index in [-0.39, 0.29) is 0 Å². The highest BCUT2D eigenvalue weighted by Crippen LogP contribution is 2.73. The van der Waals surface area contributed by atoms with E-state index in [1.807, 2.05) is 0 Å². The van der Waals surface area contributed by atoms with Gasteiger partial charge in [0.05, 0.1) is 0 Å². The van der Waals surface area contributed by atoms with Gasteiger partial charge in [0, 0.05) is 0 Å². The molecule has 2 aliphatic rings. The van der Waals surface area contributed by atoms with Crippen LogP contribution in [-0.2, 0) is 0 Å². The van der Waals surface area contributed by atoms with Crippen molar-refractivity contribution in [3.63, 3.8) is 0 Å².